The number of ether oxygens (including phenoxy) is 1. The Bertz CT molecular complexity index is 870. The van der Waals surface area contributed by atoms with Crippen LogP contribution in [-0.2, 0) is 11.3 Å². The van der Waals surface area contributed by atoms with E-state index in [9.17, 15) is 4.79 Å². The van der Waals surface area contributed by atoms with Gasteiger partial charge in [-0.15, -0.1) is 0 Å². The van der Waals surface area contributed by atoms with Gasteiger partial charge in [-0.3, -0.25) is 4.79 Å². The zero-order valence-corrected chi connectivity index (χ0v) is 15.2. The molecule has 2 N–H and O–H groups in total. The van der Waals surface area contributed by atoms with Gasteiger partial charge in [0.25, 0.3) is 5.91 Å². The van der Waals surface area contributed by atoms with E-state index in [2.05, 4.69) is 20.6 Å². The highest BCUT2D eigenvalue weighted by Crippen LogP contribution is 2.18. The van der Waals surface area contributed by atoms with Crippen molar-refractivity contribution in [1.29, 1.82) is 0 Å². The van der Waals surface area contributed by atoms with Crippen LogP contribution in [0.5, 0.6) is 0 Å². The summed E-state index contributed by atoms with van der Waals surface area (Å²) in [4.78, 5) is 21.6. The van der Waals surface area contributed by atoms with E-state index < -0.39 is 0 Å². The van der Waals surface area contributed by atoms with Crippen LogP contribution in [0.15, 0.2) is 66.7 Å². The highest BCUT2D eigenvalue weighted by atomic mass is 16.5. The summed E-state index contributed by atoms with van der Waals surface area (Å²) in [5, 5.41) is 6.08. The van der Waals surface area contributed by atoms with Crippen molar-refractivity contribution in [2.75, 3.05) is 25.6 Å². The Hall–Kier alpha value is -3.25. The number of benzene rings is 2. The van der Waals surface area contributed by atoms with Gasteiger partial charge >= 0.3 is 0 Å². The van der Waals surface area contributed by atoms with E-state index >= 15 is 0 Å². The van der Waals surface area contributed by atoms with Crippen molar-refractivity contribution in [3.05, 3.63) is 78.0 Å². The maximum Gasteiger partial charge on any atom is 0.270 e. The van der Waals surface area contributed by atoms with Gasteiger partial charge in [0.15, 0.2) is 5.82 Å². The average Bonchev–Trinajstić information content (AvgIpc) is 2.73. The first kappa shape index (κ1) is 18.5. The number of carbonyl (C=O) groups excluding carboxylic acids is 1. The summed E-state index contributed by atoms with van der Waals surface area (Å²) in [5.74, 6) is 0.849. The van der Waals surface area contributed by atoms with Gasteiger partial charge in [-0.2, -0.15) is 0 Å². The van der Waals surface area contributed by atoms with Gasteiger partial charge in [-0.05, 0) is 5.56 Å². The summed E-state index contributed by atoms with van der Waals surface area (Å²) in [7, 11) is 1.64. The molecule has 6 nitrogen and oxygen atoms in total. The first-order valence-corrected chi connectivity index (χ1v) is 8.75. The number of nitrogens with zero attached hydrogens (tertiary/aromatic N) is 2. The minimum absolute atomic E-state index is 0.242. The summed E-state index contributed by atoms with van der Waals surface area (Å²) < 4.78 is 5.06. The second-order valence-corrected chi connectivity index (χ2v) is 5.92. The SMILES string of the molecule is COCCNc1cc(C(=O)NCc2ccccc2)nc(-c2ccccc2)n1. The lowest BCUT2D eigenvalue weighted by atomic mass is 10.2. The monoisotopic (exact) mass is 362 g/mol. The lowest BCUT2D eigenvalue weighted by Gasteiger charge is -2.10. The van der Waals surface area contributed by atoms with Gasteiger partial charge in [0.05, 0.1) is 6.61 Å². The number of rotatable bonds is 8. The van der Waals surface area contributed by atoms with Crippen molar-refractivity contribution in [2.24, 2.45) is 0 Å². The molecule has 0 fully saturated rings. The number of methoxy groups -OCH3 is 1. The van der Waals surface area contributed by atoms with E-state index in [1.54, 1.807) is 13.2 Å². The van der Waals surface area contributed by atoms with Crippen LogP contribution >= 0.6 is 0 Å². The molecule has 3 aromatic rings. The molecular formula is C21H22N4O2. The highest BCUT2D eigenvalue weighted by Gasteiger charge is 2.13. The second-order valence-electron chi connectivity index (χ2n) is 5.92. The number of amides is 1. The molecule has 0 spiro atoms. The summed E-state index contributed by atoms with van der Waals surface area (Å²) >= 11 is 0. The van der Waals surface area contributed by atoms with Crippen molar-refractivity contribution in [1.82, 2.24) is 15.3 Å². The van der Waals surface area contributed by atoms with E-state index in [4.69, 9.17) is 4.74 Å². The third-order valence-electron chi connectivity index (χ3n) is 3.90. The van der Waals surface area contributed by atoms with Gasteiger partial charge in [0.1, 0.15) is 11.5 Å². The number of carbonyl (C=O) groups is 1. The Kier molecular flexibility index (Phi) is 6.49. The van der Waals surface area contributed by atoms with Crippen LogP contribution in [0.1, 0.15) is 16.1 Å². The zero-order valence-electron chi connectivity index (χ0n) is 15.2. The molecule has 0 atom stereocenters. The van der Waals surface area contributed by atoms with Gasteiger partial charge in [-0.1, -0.05) is 60.7 Å². The van der Waals surface area contributed by atoms with Crippen LogP contribution in [0.2, 0.25) is 0 Å². The van der Waals surface area contributed by atoms with Crippen LogP contribution in [0.25, 0.3) is 11.4 Å². The molecule has 138 valence electrons. The molecule has 0 saturated heterocycles. The fraction of sp³-hybridized carbons (Fsp3) is 0.190. The van der Waals surface area contributed by atoms with Crippen LogP contribution < -0.4 is 10.6 Å². The molecule has 1 heterocycles. The molecule has 3 rings (SSSR count). The predicted molar refractivity (Wildman–Crippen MR) is 105 cm³/mol. The maximum atomic E-state index is 12.6. The summed E-state index contributed by atoms with van der Waals surface area (Å²) in [6.07, 6.45) is 0. The summed E-state index contributed by atoms with van der Waals surface area (Å²) in [6.45, 7) is 1.57. The van der Waals surface area contributed by atoms with Crippen molar-refractivity contribution < 1.29 is 9.53 Å². The molecule has 1 aromatic heterocycles. The lowest BCUT2D eigenvalue weighted by Crippen LogP contribution is -2.24. The number of nitrogens with one attached hydrogen (secondary N) is 2. The third-order valence-corrected chi connectivity index (χ3v) is 3.90. The standard InChI is InChI=1S/C21H22N4O2/c1-27-13-12-22-19-14-18(21(26)23-15-16-8-4-2-5-9-16)24-20(25-19)17-10-6-3-7-11-17/h2-11,14H,12-13,15H2,1H3,(H,23,26)(H,22,24,25). The van der Waals surface area contributed by atoms with E-state index in [1.165, 1.54) is 0 Å². The molecule has 2 aromatic carbocycles. The fourth-order valence-electron chi connectivity index (χ4n) is 2.52. The summed E-state index contributed by atoms with van der Waals surface area (Å²) in [5.41, 5.74) is 2.20. The molecule has 0 unspecified atom stereocenters. The van der Waals surface area contributed by atoms with Crippen LogP contribution in [0.4, 0.5) is 5.82 Å². The Morgan fingerprint density at radius 2 is 1.70 bits per heavy atom. The van der Waals surface area contributed by atoms with E-state index in [1.807, 2.05) is 60.7 Å². The van der Waals surface area contributed by atoms with Crippen molar-refractivity contribution >= 4 is 11.7 Å². The van der Waals surface area contributed by atoms with Gasteiger partial charge in [0, 0.05) is 31.8 Å². The van der Waals surface area contributed by atoms with Crippen molar-refractivity contribution in [3.63, 3.8) is 0 Å². The lowest BCUT2D eigenvalue weighted by molar-refractivity contribution is 0.0946. The zero-order chi connectivity index (χ0) is 18.9. The van der Waals surface area contributed by atoms with Crippen LogP contribution in [0, 0.1) is 0 Å². The van der Waals surface area contributed by atoms with E-state index in [0.717, 1.165) is 11.1 Å². The fourth-order valence-corrected chi connectivity index (χ4v) is 2.52. The van der Waals surface area contributed by atoms with Crippen LogP contribution in [-0.4, -0.2) is 36.1 Å². The van der Waals surface area contributed by atoms with Crippen molar-refractivity contribution in [3.8, 4) is 11.4 Å². The minimum atomic E-state index is -0.242. The Morgan fingerprint density at radius 1 is 1.00 bits per heavy atom. The first-order valence-electron chi connectivity index (χ1n) is 8.75. The predicted octanol–water partition coefficient (Wildman–Crippen LogP) is 3.13. The van der Waals surface area contributed by atoms with Gasteiger partial charge < -0.3 is 15.4 Å². The molecule has 0 radical (unpaired) electrons. The Balaban J connectivity index is 1.81. The molecule has 0 aliphatic heterocycles. The molecule has 27 heavy (non-hydrogen) atoms. The average molecular weight is 362 g/mol. The quantitative estimate of drug-likeness (QED) is 0.602. The number of anilines is 1. The number of aromatic nitrogens is 2. The molecule has 6 heteroatoms. The second kappa shape index (κ2) is 9.45. The smallest absolute Gasteiger partial charge is 0.270 e. The summed E-state index contributed by atoms with van der Waals surface area (Å²) in [6, 6.07) is 21.0. The molecule has 1 amide bonds. The normalized spacial score (nSPS) is 10.4. The first-order chi connectivity index (χ1) is 13.3. The Morgan fingerprint density at radius 3 is 2.41 bits per heavy atom. The van der Waals surface area contributed by atoms with Gasteiger partial charge in [-0.25, -0.2) is 9.97 Å². The third kappa shape index (κ3) is 5.36. The molecule has 0 aliphatic carbocycles. The van der Waals surface area contributed by atoms with Gasteiger partial charge in [0.2, 0.25) is 0 Å². The largest absolute Gasteiger partial charge is 0.383 e. The highest BCUT2D eigenvalue weighted by molar-refractivity contribution is 5.93. The van der Waals surface area contributed by atoms with Crippen molar-refractivity contribution in [2.45, 2.75) is 6.54 Å². The molecule has 0 aliphatic rings. The van der Waals surface area contributed by atoms with E-state index in [0.29, 0.717) is 37.0 Å². The number of hydrogen-bond acceptors (Lipinski definition) is 5. The molecule has 0 bridgehead atoms. The van der Waals surface area contributed by atoms with Crippen LogP contribution in [0.3, 0.4) is 0 Å². The van der Waals surface area contributed by atoms with E-state index in [-0.39, 0.29) is 5.91 Å². The molecular weight excluding hydrogens is 340 g/mol. The molecule has 0 saturated carbocycles. The topological polar surface area (TPSA) is 76.1 Å². The number of hydrogen-bond donors (Lipinski definition) is 2. The Labute approximate surface area is 158 Å². The minimum Gasteiger partial charge on any atom is -0.383 e. The maximum absolute atomic E-state index is 12.6.